The number of hydrogen-bond donors (Lipinski definition) is 1. The highest BCUT2D eigenvalue weighted by atomic mass is 16.5. The molecular formula is C22H32N2O2. The second-order valence-electron chi connectivity index (χ2n) is 9.18. The first-order valence-electron chi connectivity index (χ1n) is 10.2. The molecule has 4 aliphatic rings. The highest BCUT2D eigenvalue weighted by Gasteiger charge is 2.54. The zero-order valence-electron chi connectivity index (χ0n) is 16.2. The summed E-state index contributed by atoms with van der Waals surface area (Å²) in [6.07, 6.45) is 8.44. The molecule has 26 heavy (non-hydrogen) atoms. The summed E-state index contributed by atoms with van der Waals surface area (Å²) in [5.74, 6) is 3.52. The van der Waals surface area contributed by atoms with Crippen LogP contribution in [0.3, 0.4) is 0 Å². The van der Waals surface area contributed by atoms with Gasteiger partial charge in [0.25, 0.3) is 0 Å². The smallest absolute Gasteiger partial charge is 0.230 e. The molecule has 1 aromatic rings. The molecule has 4 heteroatoms. The van der Waals surface area contributed by atoms with Crippen molar-refractivity contribution >= 4 is 11.6 Å². The lowest BCUT2D eigenvalue weighted by Crippen LogP contribution is -2.51. The number of rotatable bonds is 7. The molecule has 4 nitrogen and oxygen atoms in total. The summed E-state index contributed by atoms with van der Waals surface area (Å²) in [6, 6.07) is 7.87. The van der Waals surface area contributed by atoms with Gasteiger partial charge in [0, 0.05) is 12.2 Å². The van der Waals surface area contributed by atoms with Crippen LogP contribution < -0.4 is 10.1 Å². The van der Waals surface area contributed by atoms with Crippen LogP contribution in [-0.2, 0) is 4.79 Å². The second-order valence-corrected chi connectivity index (χ2v) is 9.18. The zero-order chi connectivity index (χ0) is 18.1. The molecule has 4 saturated carbocycles. The molecule has 142 valence electrons. The van der Waals surface area contributed by atoms with E-state index in [4.69, 9.17) is 4.74 Å². The highest BCUT2D eigenvalue weighted by molar-refractivity contribution is 5.95. The Hall–Kier alpha value is -1.55. The van der Waals surface area contributed by atoms with Crippen LogP contribution in [0.25, 0.3) is 0 Å². The Kier molecular flexibility index (Phi) is 4.96. The SMILES string of the molecule is CN(C)CCCOc1ccc(NC(=O)C23CC4CC(CC(C4)C2)C3)cc1. The lowest BCUT2D eigenvalue weighted by molar-refractivity contribution is -0.140. The van der Waals surface area contributed by atoms with Gasteiger partial charge in [0.05, 0.1) is 12.0 Å². The summed E-state index contributed by atoms with van der Waals surface area (Å²) in [7, 11) is 4.14. The van der Waals surface area contributed by atoms with Crippen LogP contribution in [0.1, 0.15) is 44.9 Å². The predicted octanol–water partition coefficient (Wildman–Crippen LogP) is 4.17. The number of nitrogens with zero attached hydrogens (tertiary/aromatic N) is 1. The Morgan fingerprint density at radius 1 is 1.08 bits per heavy atom. The van der Waals surface area contributed by atoms with Crippen LogP contribution in [0.15, 0.2) is 24.3 Å². The van der Waals surface area contributed by atoms with Crippen molar-refractivity contribution < 1.29 is 9.53 Å². The van der Waals surface area contributed by atoms with Gasteiger partial charge in [-0.05, 0) is 101 Å². The first-order valence-corrected chi connectivity index (χ1v) is 10.2. The quantitative estimate of drug-likeness (QED) is 0.746. The number of nitrogens with one attached hydrogen (secondary N) is 1. The molecule has 0 spiro atoms. The highest BCUT2D eigenvalue weighted by Crippen LogP contribution is 2.60. The molecule has 4 bridgehead atoms. The summed E-state index contributed by atoms with van der Waals surface area (Å²) in [4.78, 5) is 15.2. The van der Waals surface area contributed by atoms with Crippen molar-refractivity contribution in [2.75, 3.05) is 32.6 Å². The summed E-state index contributed by atoms with van der Waals surface area (Å²) in [6.45, 7) is 1.75. The van der Waals surface area contributed by atoms with E-state index in [1.54, 1.807) is 0 Å². The molecule has 0 radical (unpaired) electrons. The van der Waals surface area contributed by atoms with E-state index < -0.39 is 0 Å². The van der Waals surface area contributed by atoms with E-state index in [-0.39, 0.29) is 11.3 Å². The third kappa shape index (κ3) is 3.75. The average Bonchev–Trinajstić information content (AvgIpc) is 2.59. The Morgan fingerprint density at radius 2 is 1.65 bits per heavy atom. The first kappa shape index (κ1) is 17.8. The van der Waals surface area contributed by atoms with Gasteiger partial charge in [-0.15, -0.1) is 0 Å². The molecular weight excluding hydrogens is 324 g/mol. The number of carbonyl (C=O) groups excluding carboxylic acids is 1. The minimum absolute atomic E-state index is 0.0872. The Morgan fingerprint density at radius 3 is 2.19 bits per heavy atom. The maximum atomic E-state index is 13.1. The summed E-state index contributed by atoms with van der Waals surface area (Å²) in [5.41, 5.74) is 0.808. The predicted molar refractivity (Wildman–Crippen MR) is 104 cm³/mol. The standard InChI is InChI=1S/C22H32N2O2/c1-24(2)8-3-9-26-20-6-4-19(5-7-20)23-21(25)22-13-16-10-17(14-22)12-18(11-16)15-22/h4-7,16-18H,3,8-15H2,1-2H3,(H,23,25). The number of ether oxygens (including phenoxy) is 1. The lowest BCUT2D eigenvalue weighted by atomic mass is 9.49. The number of amides is 1. The van der Waals surface area contributed by atoms with Crippen molar-refractivity contribution in [3.05, 3.63) is 24.3 Å². The second kappa shape index (κ2) is 7.22. The molecule has 1 N–H and O–H groups in total. The van der Waals surface area contributed by atoms with Crippen molar-refractivity contribution in [3.63, 3.8) is 0 Å². The van der Waals surface area contributed by atoms with Gasteiger partial charge in [-0.2, -0.15) is 0 Å². The van der Waals surface area contributed by atoms with Crippen molar-refractivity contribution in [1.29, 1.82) is 0 Å². The van der Waals surface area contributed by atoms with Gasteiger partial charge < -0.3 is 15.0 Å². The Balaban J connectivity index is 1.32. The molecule has 0 heterocycles. The monoisotopic (exact) mass is 356 g/mol. The molecule has 0 unspecified atom stereocenters. The van der Waals surface area contributed by atoms with Crippen LogP contribution in [0, 0.1) is 23.2 Å². The van der Waals surface area contributed by atoms with Crippen LogP contribution in [0.2, 0.25) is 0 Å². The van der Waals surface area contributed by atoms with E-state index in [9.17, 15) is 4.79 Å². The third-order valence-electron chi connectivity index (χ3n) is 6.65. The zero-order valence-corrected chi connectivity index (χ0v) is 16.2. The van der Waals surface area contributed by atoms with Gasteiger partial charge in [-0.1, -0.05) is 0 Å². The van der Waals surface area contributed by atoms with E-state index >= 15 is 0 Å². The van der Waals surface area contributed by atoms with Gasteiger partial charge in [-0.25, -0.2) is 0 Å². The average molecular weight is 357 g/mol. The number of carbonyl (C=O) groups is 1. The summed E-state index contributed by atoms with van der Waals surface area (Å²) >= 11 is 0. The molecule has 0 atom stereocenters. The fourth-order valence-corrected chi connectivity index (χ4v) is 5.86. The summed E-state index contributed by atoms with van der Waals surface area (Å²) in [5, 5.41) is 3.21. The van der Waals surface area contributed by atoms with E-state index in [1.807, 2.05) is 24.3 Å². The maximum absolute atomic E-state index is 13.1. The van der Waals surface area contributed by atoms with Gasteiger partial charge in [0.1, 0.15) is 5.75 Å². The van der Waals surface area contributed by atoms with E-state index in [0.717, 1.165) is 68.0 Å². The van der Waals surface area contributed by atoms with Gasteiger partial charge in [0.2, 0.25) is 5.91 Å². The van der Waals surface area contributed by atoms with Crippen molar-refractivity contribution in [3.8, 4) is 5.75 Å². The minimum Gasteiger partial charge on any atom is -0.494 e. The Labute approximate surface area is 157 Å². The number of hydrogen-bond acceptors (Lipinski definition) is 3. The van der Waals surface area contributed by atoms with Gasteiger partial charge >= 0.3 is 0 Å². The van der Waals surface area contributed by atoms with Gasteiger partial charge in [-0.3, -0.25) is 4.79 Å². The van der Waals surface area contributed by atoms with Crippen LogP contribution in [-0.4, -0.2) is 38.1 Å². The fourth-order valence-electron chi connectivity index (χ4n) is 5.86. The molecule has 5 rings (SSSR count). The molecule has 4 fully saturated rings. The molecule has 1 aromatic carbocycles. The van der Waals surface area contributed by atoms with Crippen molar-refractivity contribution in [2.45, 2.75) is 44.9 Å². The van der Waals surface area contributed by atoms with Gasteiger partial charge in [0.15, 0.2) is 0 Å². The molecule has 0 saturated heterocycles. The fraction of sp³-hybridized carbons (Fsp3) is 0.682. The van der Waals surface area contributed by atoms with Crippen molar-refractivity contribution in [1.82, 2.24) is 4.90 Å². The normalized spacial score (nSPS) is 32.0. The number of anilines is 1. The molecule has 0 aromatic heterocycles. The minimum atomic E-state index is -0.0872. The Bertz CT molecular complexity index is 603. The largest absolute Gasteiger partial charge is 0.494 e. The van der Waals surface area contributed by atoms with Crippen LogP contribution >= 0.6 is 0 Å². The topological polar surface area (TPSA) is 41.6 Å². The molecule has 1 amide bonds. The van der Waals surface area contributed by atoms with E-state index in [0.29, 0.717) is 0 Å². The van der Waals surface area contributed by atoms with Crippen LogP contribution in [0.5, 0.6) is 5.75 Å². The van der Waals surface area contributed by atoms with Crippen LogP contribution in [0.4, 0.5) is 5.69 Å². The molecule has 0 aliphatic heterocycles. The maximum Gasteiger partial charge on any atom is 0.230 e. The third-order valence-corrected chi connectivity index (χ3v) is 6.65. The van der Waals surface area contributed by atoms with E-state index in [1.165, 1.54) is 19.3 Å². The lowest BCUT2D eigenvalue weighted by Gasteiger charge is -2.55. The molecule has 4 aliphatic carbocycles. The first-order chi connectivity index (χ1) is 12.5. The van der Waals surface area contributed by atoms with Crippen molar-refractivity contribution in [2.24, 2.45) is 23.2 Å². The summed E-state index contributed by atoms with van der Waals surface area (Å²) < 4.78 is 5.78. The number of benzene rings is 1. The van der Waals surface area contributed by atoms with E-state index in [2.05, 4.69) is 24.3 Å².